The molecule has 0 saturated heterocycles. The number of hydrogen-bond donors (Lipinski definition) is 2. The summed E-state index contributed by atoms with van der Waals surface area (Å²) >= 11 is 0. The summed E-state index contributed by atoms with van der Waals surface area (Å²) in [6, 6.07) is 35.6. The van der Waals surface area contributed by atoms with Gasteiger partial charge in [-0.25, -0.2) is 25.3 Å². The van der Waals surface area contributed by atoms with Crippen LogP contribution in [0.1, 0.15) is 25.7 Å². The molecule has 0 radical (unpaired) electrons. The highest BCUT2D eigenvalue weighted by Crippen LogP contribution is 2.32. The number of para-hydroxylation sites is 2. The second-order valence-electron chi connectivity index (χ2n) is 13.1. The number of hydrogen-bond acceptors (Lipinski definition) is 12. The van der Waals surface area contributed by atoms with E-state index in [0.717, 1.165) is 0 Å². The van der Waals surface area contributed by atoms with Crippen LogP contribution in [0.2, 0.25) is 0 Å². The first kappa shape index (κ1) is 42.6. The number of phenols is 2. The van der Waals surface area contributed by atoms with Gasteiger partial charge in [-0.15, -0.1) is 0 Å². The van der Waals surface area contributed by atoms with E-state index in [9.17, 15) is 35.5 Å². The summed E-state index contributed by atoms with van der Waals surface area (Å²) < 4.78 is 102. The fourth-order valence-electron chi connectivity index (χ4n) is 5.81. The van der Waals surface area contributed by atoms with Crippen molar-refractivity contribution in [3.05, 3.63) is 146 Å². The van der Waals surface area contributed by atoms with Crippen LogP contribution in [-0.4, -0.2) is 61.9 Å². The van der Waals surface area contributed by atoms with E-state index in [1.54, 1.807) is 60.7 Å². The first-order chi connectivity index (χ1) is 28.4. The van der Waals surface area contributed by atoms with E-state index >= 15 is 0 Å². The van der Waals surface area contributed by atoms with Crippen LogP contribution >= 0.6 is 0 Å². The fourth-order valence-corrected chi connectivity index (χ4v) is 9.86. The van der Waals surface area contributed by atoms with Gasteiger partial charge in [0.1, 0.15) is 44.3 Å². The van der Waals surface area contributed by atoms with Crippen molar-refractivity contribution < 1.29 is 54.4 Å². The number of unbranched alkanes of at least 4 members (excludes halogenated alkanes) is 2. The van der Waals surface area contributed by atoms with Crippen LogP contribution in [0.4, 0.5) is 0 Å². The molecule has 59 heavy (non-hydrogen) atoms. The van der Waals surface area contributed by atoms with Crippen molar-refractivity contribution in [2.75, 3.05) is 26.4 Å². The minimum Gasteiger partial charge on any atom is -0.508 e. The van der Waals surface area contributed by atoms with Crippen LogP contribution in [0.25, 0.3) is 0 Å². The summed E-state index contributed by atoms with van der Waals surface area (Å²) in [5, 5.41) is 19.0. The predicted octanol–water partition coefficient (Wildman–Crippen LogP) is 8.07. The molecule has 0 aromatic heterocycles. The fraction of sp³-hybridized carbons (Fsp3) is 0.182. The summed E-state index contributed by atoms with van der Waals surface area (Å²) in [5.41, 5.74) is 0. The maximum atomic E-state index is 13.3. The van der Waals surface area contributed by atoms with Crippen molar-refractivity contribution >= 4 is 29.5 Å². The Bertz CT molecular complexity index is 2470. The minimum absolute atomic E-state index is 0.0298. The molecule has 0 spiro atoms. The number of rotatable bonds is 20. The number of phenolic OH excluding ortho intramolecular Hbond substituents is 2. The second kappa shape index (κ2) is 19.1. The molecule has 308 valence electrons. The van der Waals surface area contributed by atoms with Crippen LogP contribution in [0.15, 0.2) is 175 Å². The SMILES string of the molecule is O=S(=O)(c1ccc(OCCCCOc2ccccc2S(=O)(=O)c2ccc(O)cc2)cc1)c1ccc(OCCCCOc2ccccc2S(=O)(=O)c2ccc(O)cc2)cc1. The summed E-state index contributed by atoms with van der Waals surface area (Å²) in [5.74, 6) is 1.37. The molecule has 6 aromatic carbocycles. The Morgan fingerprint density at radius 2 is 0.627 bits per heavy atom. The third-order valence-corrected chi connectivity index (χ3v) is 14.4. The largest absolute Gasteiger partial charge is 0.508 e. The van der Waals surface area contributed by atoms with Crippen LogP contribution in [0, 0.1) is 0 Å². The highest BCUT2D eigenvalue weighted by molar-refractivity contribution is 7.92. The Labute approximate surface area is 344 Å². The smallest absolute Gasteiger partial charge is 0.210 e. The molecule has 0 fully saturated rings. The second-order valence-corrected chi connectivity index (χ2v) is 18.9. The summed E-state index contributed by atoms with van der Waals surface area (Å²) in [7, 11) is -11.5. The summed E-state index contributed by atoms with van der Waals surface area (Å²) in [4.78, 5) is 0.350. The van der Waals surface area contributed by atoms with Crippen molar-refractivity contribution in [3.8, 4) is 34.5 Å². The van der Waals surface area contributed by atoms with E-state index in [2.05, 4.69) is 0 Å². The van der Waals surface area contributed by atoms with E-state index in [1.807, 2.05) is 0 Å². The van der Waals surface area contributed by atoms with Crippen LogP contribution in [-0.2, 0) is 29.5 Å². The van der Waals surface area contributed by atoms with Crippen molar-refractivity contribution in [2.45, 2.75) is 55.1 Å². The average molecular weight is 859 g/mol. The number of benzene rings is 6. The third kappa shape index (κ3) is 10.7. The molecular weight excluding hydrogens is 817 g/mol. The highest BCUT2D eigenvalue weighted by Gasteiger charge is 2.24. The highest BCUT2D eigenvalue weighted by atomic mass is 32.2. The maximum absolute atomic E-state index is 13.3. The van der Waals surface area contributed by atoms with Crippen molar-refractivity contribution in [1.82, 2.24) is 0 Å². The lowest BCUT2D eigenvalue weighted by Crippen LogP contribution is -2.07. The lowest BCUT2D eigenvalue weighted by Gasteiger charge is -2.13. The molecule has 0 aliphatic heterocycles. The predicted molar refractivity (Wildman–Crippen MR) is 219 cm³/mol. The van der Waals surface area contributed by atoms with Gasteiger partial charge in [0.05, 0.1) is 46.0 Å². The molecule has 2 N–H and O–H groups in total. The van der Waals surface area contributed by atoms with Gasteiger partial charge in [-0.05, 0) is 147 Å². The zero-order valence-corrected chi connectivity index (χ0v) is 34.2. The van der Waals surface area contributed by atoms with Crippen LogP contribution in [0.3, 0.4) is 0 Å². The first-order valence-electron chi connectivity index (χ1n) is 18.6. The third-order valence-electron chi connectivity index (χ3n) is 8.97. The summed E-state index contributed by atoms with van der Waals surface area (Å²) in [6.07, 6.45) is 2.33. The monoisotopic (exact) mass is 858 g/mol. The van der Waals surface area contributed by atoms with Crippen LogP contribution < -0.4 is 18.9 Å². The topological polar surface area (TPSA) is 180 Å². The van der Waals surface area contributed by atoms with Crippen molar-refractivity contribution in [2.24, 2.45) is 0 Å². The van der Waals surface area contributed by atoms with Gasteiger partial charge >= 0.3 is 0 Å². The average Bonchev–Trinajstić information content (AvgIpc) is 3.24. The molecule has 0 saturated carbocycles. The van der Waals surface area contributed by atoms with Gasteiger partial charge in [0.15, 0.2) is 0 Å². The zero-order chi connectivity index (χ0) is 41.9. The molecule has 15 heteroatoms. The molecule has 0 bridgehead atoms. The van der Waals surface area contributed by atoms with Gasteiger partial charge in [-0.2, -0.15) is 0 Å². The Hall–Kier alpha value is -6.03. The number of sulfone groups is 3. The van der Waals surface area contributed by atoms with Gasteiger partial charge in [-0.1, -0.05) is 24.3 Å². The summed E-state index contributed by atoms with van der Waals surface area (Å²) in [6.45, 7) is 1.16. The van der Waals surface area contributed by atoms with Gasteiger partial charge in [0, 0.05) is 0 Å². The standard InChI is InChI=1S/C44H42O12S3/c45-33-13-21-39(22-14-33)58(49,50)43-11-3-1-9-41(43)55-31-7-5-29-53-35-17-25-37(26-18-35)57(47,48)38-27-19-36(20-28-38)54-30-6-8-32-56-42-10-2-4-12-44(42)59(51,52)40-23-15-34(46)16-24-40/h1-4,9-28,45-46H,5-8,29-32H2. The maximum Gasteiger partial charge on any atom is 0.210 e. The molecule has 0 atom stereocenters. The van der Waals surface area contributed by atoms with Crippen LogP contribution in [0.5, 0.6) is 34.5 Å². The van der Waals surface area contributed by atoms with Gasteiger partial charge in [0.25, 0.3) is 0 Å². The molecule has 6 rings (SSSR count). The van der Waals surface area contributed by atoms with Crippen molar-refractivity contribution in [3.63, 3.8) is 0 Å². The Kier molecular flexibility index (Phi) is 13.8. The van der Waals surface area contributed by atoms with Gasteiger partial charge in [-0.3, -0.25) is 0 Å². The first-order valence-corrected chi connectivity index (χ1v) is 23.0. The molecule has 0 unspecified atom stereocenters. The van der Waals surface area contributed by atoms with E-state index in [0.29, 0.717) is 50.4 Å². The zero-order valence-electron chi connectivity index (χ0n) is 31.7. The van der Waals surface area contributed by atoms with Crippen molar-refractivity contribution in [1.29, 1.82) is 0 Å². The van der Waals surface area contributed by atoms with Gasteiger partial charge in [0.2, 0.25) is 29.5 Å². The quantitative estimate of drug-likeness (QED) is 0.0707. The molecule has 6 aromatic rings. The van der Waals surface area contributed by atoms with E-state index < -0.39 is 29.5 Å². The molecule has 0 aliphatic rings. The molecule has 0 heterocycles. The normalized spacial score (nSPS) is 11.8. The Morgan fingerprint density at radius 3 is 0.983 bits per heavy atom. The molecule has 12 nitrogen and oxygen atoms in total. The Balaban J connectivity index is 0.909. The Morgan fingerprint density at radius 1 is 0.339 bits per heavy atom. The number of aromatic hydroxyl groups is 2. The van der Waals surface area contributed by atoms with E-state index in [1.165, 1.54) is 84.9 Å². The molecular formula is C44H42O12S3. The lowest BCUT2D eigenvalue weighted by molar-refractivity contribution is 0.263. The molecule has 0 amide bonds. The number of ether oxygens (including phenoxy) is 4. The van der Waals surface area contributed by atoms with E-state index in [4.69, 9.17) is 18.9 Å². The van der Waals surface area contributed by atoms with Gasteiger partial charge < -0.3 is 29.2 Å². The van der Waals surface area contributed by atoms with E-state index in [-0.39, 0.29) is 65.6 Å². The lowest BCUT2D eigenvalue weighted by atomic mass is 10.3. The molecule has 0 aliphatic carbocycles. The minimum atomic E-state index is -3.86.